The minimum atomic E-state index is -4.86. The molecule has 0 fully saturated rings. The van der Waals surface area contributed by atoms with Gasteiger partial charge in [0.1, 0.15) is 11.6 Å². The van der Waals surface area contributed by atoms with Crippen LogP contribution in [0.4, 0.5) is 17.6 Å². The van der Waals surface area contributed by atoms with E-state index in [2.05, 4.69) is 4.74 Å². The lowest BCUT2D eigenvalue weighted by atomic mass is 10.1. The van der Waals surface area contributed by atoms with Gasteiger partial charge in [-0.25, -0.2) is 4.39 Å². The Labute approximate surface area is 82.5 Å². The molecule has 0 aromatic heterocycles. The number of alkyl halides is 3. The first-order valence-electron chi connectivity index (χ1n) is 3.86. The summed E-state index contributed by atoms with van der Waals surface area (Å²) in [6.45, 7) is 1.05. The third-order valence-electron chi connectivity index (χ3n) is 1.55. The highest BCUT2D eigenvalue weighted by atomic mass is 19.4. The number of carbonyl (C=O) groups is 1. The van der Waals surface area contributed by atoms with E-state index in [0.717, 1.165) is 19.1 Å². The van der Waals surface area contributed by atoms with E-state index in [9.17, 15) is 22.4 Å². The number of hydrogen-bond acceptors (Lipinski definition) is 2. The van der Waals surface area contributed by atoms with Gasteiger partial charge in [0.2, 0.25) is 0 Å². The predicted octanol–water partition coefficient (Wildman–Crippen LogP) is 2.93. The van der Waals surface area contributed by atoms with Gasteiger partial charge in [0.15, 0.2) is 5.78 Å². The number of halogens is 4. The van der Waals surface area contributed by atoms with Crippen LogP contribution in [0.15, 0.2) is 18.2 Å². The highest BCUT2D eigenvalue weighted by Crippen LogP contribution is 2.24. The minimum Gasteiger partial charge on any atom is -0.406 e. The van der Waals surface area contributed by atoms with Crippen LogP contribution in [0.3, 0.4) is 0 Å². The number of Topliss-reactive ketones (excluding diaryl/α,β-unsaturated/α-hetero) is 1. The molecule has 0 spiro atoms. The van der Waals surface area contributed by atoms with Gasteiger partial charge in [-0.3, -0.25) is 4.79 Å². The highest BCUT2D eigenvalue weighted by Gasteiger charge is 2.31. The first kappa shape index (κ1) is 11.5. The normalized spacial score (nSPS) is 11.3. The van der Waals surface area contributed by atoms with Crippen molar-refractivity contribution in [2.45, 2.75) is 13.3 Å². The topological polar surface area (TPSA) is 26.3 Å². The van der Waals surface area contributed by atoms with Crippen LogP contribution in [0.2, 0.25) is 0 Å². The van der Waals surface area contributed by atoms with E-state index >= 15 is 0 Å². The maximum absolute atomic E-state index is 12.9. The maximum atomic E-state index is 12.9. The van der Waals surface area contributed by atoms with Crippen molar-refractivity contribution in [3.05, 3.63) is 29.6 Å². The molecular formula is C9H6F4O2. The molecule has 15 heavy (non-hydrogen) atoms. The molecule has 1 rings (SSSR count). The summed E-state index contributed by atoms with van der Waals surface area (Å²) in [4.78, 5) is 10.8. The number of ether oxygens (including phenoxy) is 1. The van der Waals surface area contributed by atoms with Crippen molar-refractivity contribution < 1.29 is 27.1 Å². The zero-order valence-corrected chi connectivity index (χ0v) is 7.56. The van der Waals surface area contributed by atoms with Crippen LogP contribution in [-0.4, -0.2) is 12.1 Å². The van der Waals surface area contributed by atoms with Gasteiger partial charge in [-0.1, -0.05) is 0 Å². The van der Waals surface area contributed by atoms with Crippen LogP contribution in [0, 0.1) is 5.82 Å². The van der Waals surface area contributed by atoms with Gasteiger partial charge in [-0.15, -0.1) is 13.2 Å². The summed E-state index contributed by atoms with van der Waals surface area (Å²) in [5.41, 5.74) is -0.434. The zero-order chi connectivity index (χ0) is 11.6. The lowest BCUT2D eigenvalue weighted by Gasteiger charge is -2.09. The summed E-state index contributed by atoms with van der Waals surface area (Å²) in [5, 5.41) is 0. The second-order valence-corrected chi connectivity index (χ2v) is 2.75. The average molecular weight is 222 g/mol. The van der Waals surface area contributed by atoms with Crippen molar-refractivity contribution in [2.24, 2.45) is 0 Å². The van der Waals surface area contributed by atoms with Crippen LogP contribution in [0.1, 0.15) is 17.3 Å². The molecule has 0 heterocycles. The van der Waals surface area contributed by atoms with E-state index in [1.807, 2.05) is 0 Å². The van der Waals surface area contributed by atoms with Gasteiger partial charge in [-0.2, -0.15) is 0 Å². The van der Waals surface area contributed by atoms with Crippen molar-refractivity contribution in [3.8, 4) is 5.75 Å². The molecule has 2 nitrogen and oxygen atoms in total. The van der Waals surface area contributed by atoms with Gasteiger partial charge in [0, 0.05) is 0 Å². The first-order chi connectivity index (χ1) is 6.79. The summed E-state index contributed by atoms with van der Waals surface area (Å²) in [7, 11) is 0. The largest absolute Gasteiger partial charge is 0.573 e. The van der Waals surface area contributed by atoms with E-state index < -0.39 is 29.3 Å². The summed E-state index contributed by atoms with van der Waals surface area (Å²) >= 11 is 0. The molecule has 0 atom stereocenters. The minimum absolute atomic E-state index is 0.434. The molecule has 0 unspecified atom stereocenters. The van der Waals surface area contributed by atoms with E-state index in [-0.39, 0.29) is 0 Å². The molecule has 0 aliphatic rings. The highest BCUT2D eigenvalue weighted by molar-refractivity contribution is 5.94. The molecule has 0 N–H and O–H groups in total. The number of rotatable bonds is 2. The fourth-order valence-corrected chi connectivity index (χ4v) is 0.971. The zero-order valence-electron chi connectivity index (χ0n) is 7.56. The number of carbonyl (C=O) groups excluding carboxylic acids is 1. The van der Waals surface area contributed by atoms with Gasteiger partial charge in [0.25, 0.3) is 0 Å². The maximum Gasteiger partial charge on any atom is 0.573 e. The second kappa shape index (κ2) is 3.88. The van der Waals surface area contributed by atoms with Crippen LogP contribution < -0.4 is 4.74 Å². The molecule has 6 heteroatoms. The first-order valence-corrected chi connectivity index (χ1v) is 3.86. The van der Waals surface area contributed by atoms with Crippen LogP contribution >= 0.6 is 0 Å². The van der Waals surface area contributed by atoms with Crippen molar-refractivity contribution in [3.63, 3.8) is 0 Å². The van der Waals surface area contributed by atoms with Crippen LogP contribution in [-0.2, 0) is 0 Å². The lowest BCUT2D eigenvalue weighted by molar-refractivity contribution is -0.274. The molecule has 0 aliphatic carbocycles. The lowest BCUT2D eigenvalue weighted by Crippen LogP contribution is -2.17. The Bertz CT molecular complexity index is 384. The second-order valence-electron chi connectivity index (χ2n) is 2.75. The van der Waals surface area contributed by atoms with Gasteiger partial charge >= 0.3 is 6.36 Å². The molecule has 0 radical (unpaired) electrons. The smallest absolute Gasteiger partial charge is 0.406 e. The molecule has 1 aromatic carbocycles. The fourth-order valence-electron chi connectivity index (χ4n) is 0.971. The predicted molar refractivity (Wildman–Crippen MR) is 43.1 cm³/mol. The Morgan fingerprint density at radius 3 is 2.40 bits per heavy atom. The van der Waals surface area contributed by atoms with Gasteiger partial charge in [-0.05, 0) is 25.1 Å². The van der Waals surface area contributed by atoms with E-state index in [1.165, 1.54) is 0 Å². The summed E-state index contributed by atoms with van der Waals surface area (Å²) < 4.78 is 51.7. The average Bonchev–Trinajstić information content (AvgIpc) is 2.05. The SMILES string of the molecule is CC(=O)c1cc(OC(F)(F)F)ccc1F. The Morgan fingerprint density at radius 2 is 1.93 bits per heavy atom. The number of benzene rings is 1. The summed E-state index contributed by atoms with van der Waals surface area (Å²) in [6, 6.07) is 2.26. The van der Waals surface area contributed by atoms with Crippen molar-refractivity contribution in [1.29, 1.82) is 0 Å². The monoisotopic (exact) mass is 222 g/mol. The third-order valence-corrected chi connectivity index (χ3v) is 1.55. The molecule has 0 aliphatic heterocycles. The molecule has 1 aromatic rings. The quantitative estimate of drug-likeness (QED) is 0.568. The van der Waals surface area contributed by atoms with Crippen LogP contribution in [0.25, 0.3) is 0 Å². The molecule has 0 bridgehead atoms. The molecular weight excluding hydrogens is 216 g/mol. The Kier molecular flexibility index (Phi) is 2.97. The van der Waals surface area contributed by atoms with Crippen LogP contribution in [0.5, 0.6) is 5.75 Å². The Hall–Kier alpha value is -1.59. The Balaban J connectivity index is 3.03. The fraction of sp³-hybridized carbons (Fsp3) is 0.222. The van der Waals surface area contributed by atoms with Crippen molar-refractivity contribution in [2.75, 3.05) is 0 Å². The third kappa shape index (κ3) is 3.23. The molecule has 0 amide bonds. The van der Waals surface area contributed by atoms with E-state index in [0.29, 0.717) is 6.07 Å². The summed E-state index contributed by atoms with van der Waals surface area (Å²) in [6.07, 6.45) is -4.86. The standard InChI is InChI=1S/C9H6F4O2/c1-5(14)7-4-6(2-3-8(7)10)15-9(11,12)13/h2-4H,1H3. The molecule has 0 saturated heterocycles. The molecule has 82 valence electrons. The van der Waals surface area contributed by atoms with E-state index in [1.54, 1.807) is 0 Å². The number of ketones is 1. The number of hydrogen-bond donors (Lipinski definition) is 0. The van der Waals surface area contributed by atoms with Crippen molar-refractivity contribution in [1.82, 2.24) is 0 Å². The van der Waals surface area contributed by atoms with E-state index in [4.69, 9.17) is 0 Å². The van der Waals surface area contributed by atoms with Gasteiger partial charge < -0.3 is 4.74 Å². The van der Waals surface area contributed by atoms with Gasteiger partial charge in [0.05, 0.1) is 5.56 Å². The molecule has 0 saturated carbocycles. The van der Waals surface area contributed by atoms with Crippen molar-refractivity contribution >= 4 is 5.78 Å². The summed E-state index contributed by atoms with van der Waals surface area (Å²) in [5.74, 6) is -2.16. The Morgan fingerprint density at radius 1 is 1.33 bits per heavy atom.